The number of carbonyl (C=O) groups is 1. The van der Waals surface area contributed by atoms with E-state index in [9.17, 15) is 23.1 Å². The molecule has 0 aliphatic rings. The monoisotopic (exact) mass is 485 g/mol. The maximum atomic E-state index is 12.7. The third-order valence-corrected chi connectivity index (χ3v) is 5.04. The lowest BCUT2D eigenvalue weighted by molar-refractivity contribution is -0.131. The molecule has 6 nitrogen and oxygen atoms in total. The van der Waals surface area contributed by atoms with Gasteiger partial charge in [0.15, 0.2) is 5.65 Å². The Morgan fingerprint density at radius 1 is 1.09 bits per heavy atom. The minimum atomic E-state index is -4.29. The van der Waals surface area contributed by atoms with E-state index in [1.54, 1.807) is 54.0 Å². The van der Waals surface area contributed by atoms with Crippen molar-refractivity contribution in [1.82, 2.24) is 9.38 Å². The van der Waals surface area contributed by atoms with Crippen LogP contribution in [0, 0.1) is 6.92 Å². The van der Waals surface area contributed by atoms with Gasteiger partial charge in [-0.2, -0.15) is 13.2 Å². The van der Waals surface area contributed by atoms with Crippen molar-refractivity contribution in [2.45, 2.75) is 33.4 Å². The van der Waals surface area contributed by atoms with Gasteiger partial charge in [0.1, 0.15) is 11.5 Å². The number of halogens is 3. The van der Waals surface area contributed by atoms with E-state index in [4.69, 9.17) is 4.74 Å². The number of benzene rings is 2. The number of hydrogen-bond donors (Lipinski definition) is 2. The van der Waals surface area contributed by atoms with Crippen LogP contribution in [0.2, 0.25) is 0 Å². The zero-order valence-corrected chi connectivity index (χ0v) is 19.6. The third-order valence-electron chi connectivity index (χ3n) is 5.04. The summed E-state index contributed by atoms with van der Waals surface area (Å²) in [6.45, 7) is 5.38. The molecular formula is C26H26F3N3O3. The second kappa shape index (κ2) is 10.9. The molecule has 2 aromatic carbocycles. The summed E-state index contributed by atoms with van der Waals surface area (Å²) in [5.74, 6) is -0.0466. The summed E-state index contributed by atoms with van der Waals surface area (Å²) in [6, 6.07) is 15.5. The van der Waals surface area contributed by atoms with E-state index >= 15 is 0 Å². The summed E-state index contributed by atoms with van der Waals surface area (Å²) in [7, 11) is 0. The zero-order chi connectivity index (χ0) is 25.6. The third kappa shape index (κ3) is 6.32. The lowest BCUT2D eigenvalue weighted by atomic mass is 10.0. The molecule has 2 aromatic heterocycles. The van der Waals surface area contributed by atoms with Gasteiger partial charge in [0, 0.05) is 18.2 Å². The Balaban J connectivity index is 0.00000167. The van der Waals surface area contributed by atoms with E-state index in [0.717, 1.165) is 0 Å². The number of carboxylic acid groups (broad SMARTS) is 1. The van der Waals surface area contributed by atoms with Gasteiger partial charge in [-0.3, -0.25) is 4.40 Å². The van der Waals surface area contributed by atoms with Gasteiger partial charge in [-0.05, 0) is 36.8 Å². The number of hydrogen-bond acceptors (Lipinski definition) is 4. The highest BCUT2D eigenvalue weighted by Gasteiger charge is 2.26. The van der Waals surface area contributed by atoms with Crippen molar-refractivity contribution in [3.05, 3.63) is 78.1 Å². The van der Waals surface area contributed by atoms with Crippen LogP contribution < -0.4 is 10.1 Å². The smallest absolute Gasteiger partial charge is 0.390 e. The summed E-state index contributed by atoms with van der Waals surface area (Å²) in [5, 5.41) is 12.1. The number of alkyl halides is 3. The number of pyridine rings is 1. The summed E-state index contributed by atoms with van der Waals surface area (Å²) in [4.78, 5) is 15.7. The molecule has 0 saturated carbocycles. The molecule has 0 aliphatic carbocycles. The molecular weight excluding hydrogens is 459 g/mol. The van der Waals surface area contributed by atoms with Crippen LogP contribution in [-0.4, -0.2) is 33.2 Å². The average molecular weight is 486 g/mol. The van der Waals surface area contributed by atoms with E-state index in [1.807, 2.05) is 32.0 Å². The number of aromatic nitrogens is 2. The van der Waals surface area contributed by atoms with Gasteiger partial charge in [0.05, 0.1) is 35.8 Å². The molecule has 0 atom stereocenters. The summed E-state index contributed by atoms with van der Waals surface area (Å²) in [5.41, 5.74) is 2.93. The largest absolute Gasteiger partial charge is 0.478 e. The highest BCUT2D eigenvalue weighted by molar-refractivity contribution is 5.90. The first kappa shape index (κ1) is 25.6. The first-order valence-electron chi connectivity index (χ1n) is 11.1. The number of aromatic carboxylic acids is 1. The van der Waals surface area contributed by atoms with Crippen LogP contribution in [0.3, 0.4) is 0 Å². The van der Waals surface area contributed by atoms with Gasteiger partial charge in [-0.15, -0.1) is 0 Å². The minimum Gasteiger partial charge on any atom is -0.478 e. The number of nitrogens with zero attached hydrogens (tertiary/aromatic N) is 2. The molecule has 0 amide bonds. The van der Waals surface area contributed by atoms with E-state index in [2.05, 4.69) is 10.3 Å². The van der Waals surface area contributed by atoms with Gasteiger partial charge in [0.25, 0.3) is 0 Å². The van der Waals surface area contributed by atoms with Crippen molar-refractivity contribution < 1.29 is 27.8 Å². The fraction of sp³-hybridized carbons (Fsp3) is 0.231. The number of anilines is 1. The Morgan fingerprint density at radius 2 is 1.80 bits per heavy atom. The predicted octanol–water partition coefficient (Wildman–Crippen LogP) is 7.19. The first-order chi connectivity index (χ1) is 16.7. The number of nitrogens with one attached hydrogen (secondary N) is 1. The van der Waals surface area contributed by atoms with Crippen LogP contribution in [-0.2, 0) is 0 Å². The van der Waals surface area contributed by atoms with Crippen molar-refractivity contribution in [1.29, 1.82) is 0 Å². The number of carboxylic acids is 1. The van der Waals surface area contributed by atoms with Crippen molar-refractivity contribution in [2.24, 2.45) is 0 Å². The predicted molar refractivity (Wildman–Crippen MR) is 129 cm³/mol. The van der Waals surface area contributed by atoms with Crippen molar-refractivity contribution >= 4 is 17.3 Å². The molecule has 0 radical (unpaired) electrons. The van der Waals surface area contributed by atoms with Gasteiger partial charge in [-0.1, -0.05) is 38.1 Å². The molecule has 0 spiro atoms. The lowest BCUT2D eigenvalue weighted by Crippen LogP contribution is -2.15. The molecule has 2 N–H and O–H groups in total. The highest BCUT2D eigenvalue weighted by Crippen LogP contribution is 2.32. The first-order valence-corrected chi connectivity index (χ1v) is 11.1. The Bertz CT molecular complexity index is 1300. The molecule has 0 fully saturated rings. The SMILES string of the molecule is CC.Cc1cc(-c2cnc3c(NCCC(F)(F)F)cc(Oc4ccccc4)cn23)ccc1C(=O)O. The quantitative estimate of drug-likeness (QED) is 0.290. The van der Waals surface area contributed by atoms with Gasteiger partial charge in [-0.25, -0.2) is 9.78 Å². The van der Waals surface area contributed by atoms with E-state index < -0.39 is 18.6 Å². The second-order valence-corrected chi connectivity index (χ2v) is 7.47. The van der Waals surface area contributed by atoms with Gasteiger partial charge in [0.2, 0.25) is 0 Å². The van der Waals surface area contributed by atoms with Crippen molar-refractivity contribution in [2.75, 3.05) is 11.9 Å². The van der Waals surface area contributed by atoms with E-state index in [1.165, 1.54) is 6.07 Å². The summed E-state index contributed by atoms with van der Waals surface area (Å²) < 4.78 is 45.6. The maximum Gasteiger partial charge on any atom is 0.390 e. The number of ether oxygens (including phenoxy) is 1. The number of imidazole rings is 1. The number of para-hydroxylation sites is 1. The highest BCUT2D eigenvalue weighted by atomic mass is 19.4. The van der Waals surface area contributed by atoms with Crippen LogP contribution in [0.15, 0.2) is 67.0 Å². The summed E-state index contributed by atoms with van der Waals surface area (Å²) in [6.07, 6.45) is -2.00. The fourth-order valence-electron chi connectivity index (χ4n) is 3.49. The Labute approximate surface area is 201 Å². The Morgan fingerprint density at radius 3 is 2.43 bits per heavy atom. The molecule has 4 rings (SSSR count). The molecule has 35 heavy (non-hydrogen) atoms. The molecule has 0 saturated heterocycles. The van der Waals surface area contributed by atoms with Gasteiger partial charge < -0.3 is 15.2 Å². The van der Waals surface area contributed by atoms with Gasteiger partial charge >= 0.3 is 12.1 Å². The fourth-order valence-corrected chi connectivity index (χ4v) is 3.49. The molecule has 184 valence electrons. The molecule has 0 aliphatic heterocycles. The number of aryl methyl sites for hydroxylation is 1. The minimum absolute atomic E-state index is 0.190. The molecule has 4 aromatic rings. The van der Waals surface area contributed by atoms with Crippen LogP contribution in [0.25, 0.3) is 16.9 Å². The lowest BCUT2D eigenvalue weighted by Gasteiger charge is -2.14. The Kier molecular flexibility index (Phi) is 8.01. The normalized spacial score (nSPS) is 11.0. The molecule has 0 unspecified atom stereocenters. The van der Waals surface area contributed by atoms with Crippen LogP contribution in [0.4, 0.5) is 18.9 Å². The van der Waals surface area contributed by atoms with Crippen molar-refractivity contribution in [3.8, 4) is 22.8 Å². The molecule has 9 heteroatoms. The van der Waals surface area contributed by atoms with Crippen LogP contribution in [0.1, 0.15) is 36.2 Å². The molecule has 0 bridgehead atoms. The summed E-state index contributed by atoms with van der Waals surface area (Å²) >= 11 is 0. The van der Waals surface area contributed by atoms with E-state index in [0.29, 0.717) is 39.7 Å². The maximum absolute atomic E-state index is 12.7. The number of fused-ring (bicyclic) bond motifs is 1. The molecule has 2 heterocycles. The van der Waals surface area contributed by atoms with Crippen molar-refractivity contribution in [3.63, 3.8) is 0 Å². The standard InChI is InChI=1S/C24H20F3N3O3.C2H6/c1-15-11-16(7-8-19(15)23(31)32)21-13-29-22-20(28-10-9-24(25,26)27)12-18(14-30(21)22)33-17-5-3-2-4-6-17;1-2/h2-8,11-14,28H,9-10H2,1H3,(H,31,32);1-2H3. The Hall–Kier alpha value is -4.01. The topological polar surface area (TPSA) is 75.9 Å². The van der Waals surface area contributed by atoms with E-state index in [-0.39, 0.29) is 12.1 Å². The second-order valence-electron chi connectivity index (χ2n) is 7.47. The van der Waals surface area contributed by atoms with Crippen LogP contribution in [0.5, 0.6) is 11.5 Å². The zero-order valence-electron chi connectivity index (χ0n) is 19.6. The average Bonchev–Trinajstić information content (AvgIpc) is 3.24. The number of rotatable bonds is 7. The van der Waals surface area contributed by atoms with Crippen LogP contribution >= 0.6 is 0 Å².